The Kier molecular flexibility index (Phi) is 5.69. The van der Waals surface area contributed by atoms with E-state index in [0.717, 1.165) is 24.1 Å². The number of nitrogens with zero attached hydrogens (tertiary/aromatic N) is 1. The molecule has 2 aromatic carbocycles. The van der Waals surface area contributed by atoms with Crippen LogP contribution in [0.25, 0.3) is 0 Å². The van der Waals surface area contributed by atoms with Crippen LogP contribution in [0.5, 0.6) is 0 Å². The number of ketones is 1. The number of carbonyl (C=O) groups is 3. The van der Waals surface area contributed by atoms with E-state index in [4.69, 9.17) is 4.74 Å². The van der Waals surface area contributed by atoms with Crippen LogP contribution in [0, 0.1) is 6.92 Å². The molecule has 27 heavy (non-hydrogen) atoms. The Morgan fingerprint density at radius 3 is 2.26 bits per heavy atom. The topological polar surface area (TPSA) is 63.7 Å². The Labute approximate surface area is 158 Å². The Bertz CT molecular complexity index is 840. The van der Waals surface area contributed by atoms with Crippen LogP contribution >= 0.6 is 0 Å². The molecule has 0 aliphatic carbocycles. The number of rotatable bonds is 6. The van der Waals surface area contributed by atoms with Gasteiger partial charge in [-0.1, -0.05) is 42.0 Å². The van der Waals surface area contributed by atoms with E-state index in [2.05, 4.69) is 0 Å². The third-order valence-corrected chi connectivity index (χ3v) is 4.72. The van der Waals surface area contributed by atoms with E-state index in [1.807, 2.05) is 36.1 Å². The lowest BCUT2D eigenvalue weighted by Gasteiger charge is -2.16. The Hall–Kier alpha value is -2.95. The number of carbonyl (C=O) groups excluding carboxylic acids is 3. The molecule has 1 aliphatic heterocycles. The van der Waals surface area contributed by atoms with Crippen LogP contribution in [-0.4, -0.2) is 35.2 Å². The van der Waals surface area contributed by atoms with Gasteiger partial charge in [0.2, 0.25) is 11.7 Å². The maximum absolute atomic E-state index is 12.4. The summed E-state index contributed by atoms with van der Waals surface area (Å²) in [7, 11) is 0. The standard InChI is InChI=1S/C22H23NO4/c1-15-5-9-18(10-6-15)21(25)16(2)27-22(26)19-11-7-17(8-12-19)14-23-13-3-4-20(23)24/h5-12,16H,3-4,13-14H2,1-2H3/t16-/m0/s1. The van der Waals surface area contributed by atoms with Crippen LogP contribution in [0.15, 0.2) is 48.5 Å². The Morgan fingerprint density at radius 1 is 1.04 bits per heavy atom. The van der Waals surface area contributed by atoms with Gasteiger partial charge in [-0.3, -0.25) is 9.59 Å². The third-order valence-electron chi connectivity index (χ3n) is 4.72. The summed E-state index contributed by atoms with van der Waals surface area (Å²) in [6, 6.07) is 14.1. The number of ether oxygens (including phenoxy) is 1. The van der Waals surface area contributed by atoms with Crippen molar-refractivity contribution < 1.29 is 19.1 Å². The molecule has 140 valence electrons. The lowest BCUT2D eigenvalue weighted by molar-refractivity contribution is -0.128. The van der Waals surface area contributed by atoms with Crippen LogP contribution < -0.4 is 0 Å². The second kappa shape index (κ2) is 8.16. The van der Waals surface area contributed by atoms with Crippen molar-refractivity contribution in [3.8, 4) is 0 Å². The second-order valence-electron chi connectivity index (χ2n) is 6.89. The van der Waals surface area contributed by atoms with Crippen molar-refractivity contribution in [3.05, 3.63) is 70.8 Å². The van der Waals surface area contributed by atoms with E-state index in [1.54, 1.807) is 31.2 Å². The molecule has 1 atom stereocenters. The van der Waals surface area contributed by atoms with E-state index in [-0.39, 0.29) is 11.7 Å². The molecule has 0 radical (unpaired) electrons. The first-order valence-electron chi connectivity index (χ1n) is 9.12. The van der Waals surface area contributed by atoms with Crippen molar-refractivity contribution in [2.75, 3.05) is 6.54 Å². The van der Waals surface area contributed by atoms with Crippen molar-refractivity contribution in [2.24, 2.45) is 0 Å². The van der Waals surface area contributed by atoms with Crippen molar-refractivity contribution in [1.29, 1.82) is 0 Å². The van der Waals surface area contributed by atoms with E-state index in [1.165, 1.54) is 0 Å². The fourth-order valence-electron chi connectivity index (χ4n) is 3.07. The Morgan fingerprint density at radius 2 is 1.67 bits per heavy atom. The van der Waals surface area contributed by atoms with Gasteiger partial charge in [-0.25, -0.2) is 4.79 Å². The molecular weight excluding hydrogens is 342 g/mol. The quantitative estimate of drug-likeness (QED) is 0.580. The number of aryl methyl sites for hydroxylation is 1. The van der Waals surface area contributed by atoms with Crippen molar-refractivity contribution in [2.45, 2.75) is 39.3 Å². The van der Waals surface area contributed by atoms with Gasteiger partial charge in [0.1, 0.15) is 0 Å². The molecule has 3 rings (SSSR count). The van der Waals surface area contributed by atoms with E-state index < -0.39 is 12.1 Å². The number of esters is 1. The summed E-state index contributed by atoms with van der Waals surface area (Å²) in [5, 5.41) is 0. The molecule has 5 nitrogen and oxygen atoms in total. The minimum Gasteiger partial charge on any atom is -0.451 e. The highest BCUT2D eigenvalue weighted by molar-refractivity contribution is 6.01. The van der Waals surface area contributed by atoms with Gasteiger partial charge in [-0.2, -0.15) is 0 Å². The molecule has 0 aromatic heterocycles. The summed E-state index contributed by atoms with van der Waals surface area (Å²) in [4.78, 5) is 38.2. The lowest BCUT2D eigenvalue weighted by Crippen LogP contribution is -2.25. The molecule has 2 aromatic rings. The SMILES string of the molecule is Cc1ccc(C(=O)[C@H](C)OC(=O)c2ccc(CN3CCCC3=O)cc2)cc1. The van der Waals surface area contributed by atoms with Crippen LogP contribution in [0.1, 0.15) is 51.6 Å². The monoisotopic (exact) mass is 365 g/mol. The second-order valence-corrected chi connectivity index (χ2v) is 6.89. The van der Waals surface area contributed by atoms with Crippen molar-refractivity contribution in [3.63, 3.8) is 0 Å². The zero-order valence-electron chi connectivity index (χ0n) is 15.6. The smallest absolute Gasteiger partial charge is 0.338 e. The molecule has 1 saturated heterocycles. The molecule has 1 fully saturated rings. The highest BCUT2D eigenvalue weighted by atomic mass is 16.5. The van der Waals surface area contributed by atoms with Gasteiger partial charge in [0.25, 0.3) is 0 Å². The molecule has 0 bridgehead atoms. The average Bonchev–Trinajstić information content (AvgIpc) is 3.07. The molecule has 1 heterocycles. The molecule has 0 saturated carbocycles. The average molecular weight is 365 g/mol. The zero-order valence-corrected chi connectivity index (χ0v) is 15.6. The molecular formula is C22H23NO4. The summed E-state index contributed by atoms with van der Waals surface area (Å²) in [6.45, 7) is 4.85. The number of hydrogen-bond donors (Lipinski definition) is 0. The summed E-state index contributed by atoms with van der Waals surface area (Å²) in [6.07, 6.45) is 0.648. The number of benzene rings is 2. The highest BCUT2D eigenvalue weighted by Crippen LogP contribution is 2.16. The normalized spacial score (nSPS) is 14.9. The highest BCUT2D eigenvalue weighted by Gasteiger charge is 2.22. The number of Topliss-reactive ketones (excluding diaryl/α,β-unsaturated/α-hetero) is 1. The Balaban J connectivity index is 1.59. The molecule has 0 N–H and O–H groups in total. The predicted molar refractivity (Wildman–Crippen MR) is 101 cm³/mol. The first-order chi connectivity index (χ1) is 12.9. The molecule has 1 amide bonds. The molecule has 0 spiro atoms. The maximum atomic E-state index is 12.4. The van der Waals surface area contributed by atoms with Gasteiger partial charge >= 0.3 is 5.97 Å². The fourth-order valence-corrected chi connectivity index (χ4v) is 3.07. The van der Waals surface area contributed by atoms with Crippen molar-refractivity contribution >= 4 is 17.7 Å². The van der Waals surface area contributed by atoms with Crippen LogP contribution in [0.3, 0.4) is 0 Å². The fraction of sp³-hybridized carbons (Fsp3) is 0.318. The van der Waals surface area contributed by atoms with Gasteiger partial charge in [0.15, 0.2) is 6.10 Å². The largest absolute Gasteiger partial charge is 0.451 e. The van der Waals surface area contributed by atoms with Gasteiger partial charge in [0.05, 0.1) is 5.56 Å². The van der Waals surface area contributed by atoms with Gasteiger partial charge < -0.3 is 9.64 Å². The van der Waals surface area contributed by atoms with Gasteiger partial charge in [-0.05, 0) is 38.0 Å². The minimum atomic E-state index is -0.859. The number of hydrogen-bond acceptors (Lipinski definition) is 4. The maximum Gasteiger partial charge on any atom is 0.338 e. The van der Waals surface area contributed by atoms with Crippen LogP contribution in [0.2, 0.25) is 0 Å². The molecule has 1 aliphatic rings. The van der Waals surface area contributed by atoms with Crippen LogP contribution in [-0.2, 0) is 16.1 Å². The summed E-state index contributed by atoms with van der Waals surface area (Å²) >= 11 is 0. The predicted octanol–water partition coefficient (Wildman–Crippen LogP) is 3.55. The number of likely N-dealkylation sites (tertiary alicyclic amines) is 1. The first kappa shape index (κ1) is 18.8. The number of amides is 1. The van der Waals surface area contributed by atoms with Gasteiger partial charge in [0, 0.05) is 25.1 Å². The minimum absolute atomic E-state index is 0.168. The van der Waals surface area contributed by atoms with Crippen LogP contribution in [0.4, 0.5) is 0 Å². The summed E-state index contributed by atoms with van der Waals surface area (Å²) in [5.41, 5.74) is 2.93. The van der Waals surface area contributed by atoms with E-state index in [0.29, 0.717) is 24.1 Å². The first-order valence-corrected chi connectivity index (χ1v) is 9.12. The zero-order chi connectivity index (χ0) is 19.4. The van der Waals surface area contributed by atoms with Crippen molar-refractivity contribution in [1.82, 2.24) is 4.90 Å². The summed E-state index contributed by atoms with van der Waals surface area (Å²) in [5.74, 6) is -0.596. The molecule has 5 heteroatoms. The summed E-state index contributed by atoms with van der Waals surface area (Å²) < 4.78 is 5.32. The third kappa shape index (κ3) is 4.61. The molecule has 0 unspecified atom stereocenters. The van der Waals surface area contributed by atoms with Gasteiger partial charge in [-0.15, -0.1) is 0 Å². The van der Waals surface area contributed by atoms with E-state index in [9.17, 15) is 14.4 Å². The lowest BCUT2D eigenvalue weighted by atomic mass is 10.1. The van der Waals surface area contributed by atoms with E-state index >= 15 is 0 Å².